The molecule has 0 bridgehead atoms. The SMILES string of the molecule is Cc1cc(C)cc(NC(SCc2ccccc2C)=C(C#N)S(=O)(=O)c2ccccc2)c1. The molecule has 0 heterocycles. The molecule has 0 aliphatic carbocycles. The van der Waals surface area contributed by atoms with Crippen molar-refractivity contribution in [2.75, 3.05) is 5.32 Å². The van der Waals surface area contributed by atoms with Crippen molar-refractivity contribution in [2.24, 2.45) is 0 Å². The van der Waals surface area contributed by atoms with Crippen molar-refractivity contribution in [1.82, 2.24) is 0 Å². The summed E-state index contributed by atoms with van der Waals surface area (Å²) in [5, 5.41) is 13.4. The summed E-state index contributed by atoms with van der Waals surface area (Å²) in [7, 11) is -3.97. The minimum absolute atomic E-state index is 0.0998. The summed E-state index contributed by atoms with van der Waals surface area (Å²) >= 11 is 1.32. The van der Waals surface area contributed by atoms with Crippen molar-refractivity contribution >= 4 is 27.3 Å². The van der Waals surface area contributed by atoms with Gasteiger partial charge in [-0.05, 0) is 67.3 Å². The summed E-state index contributed by atoms with van der Waals surface area (Å²) < 4.78 is 26.5. The highest BCUT2D eigenvalue weighted by molar-refractivity contribution is 8.04. The Hall–Kier alpha value is -3.01. The minimum atomic E-state index is -3.97. The zero-order chi connectivity index (χ0) is 22.4. The Morgan fingerprint density at radius 3 is 2.16 bits per heavy atom. The van der Waals surface area contributed by atoms with Crippen LogP contribution in [0.2, 0.25) is 0 Å². The first-order chi connectivity index (χ1) is 14.8. The summed E-state index contributed by atoms with van der Waals surface area (Å²) in [5.41, 5.74) is 5.05. The van der Waals surface area contributed by atoms with E-state index in [1.54, 1.807) is 18.2 Å². The van der Waals surface area contributed by atoms with Crippen LogP contribution in [-0.2, 0) is 15.6 Å². The van der Waals surface area contributed by atoms with E-state index in [-0.39, 0.29) is 9.80 Å². The van der Waals surface area contributed by atoms with Gasteiger partial charge in [0.15, 0.2) is 4.91 Å². The third kappa shape index (κ3) is 5.57. The molecule has 4 nitrogen and oxygen atoms in total. The average Bonchev–Trinajstić information content (AvgIpc) is 2.73. The van der Waals surface area contributed by atoms with Crippen molar-refractivity contribution in [3.05, 3.63) is 105 Å². The largest absolute Gasteiger partial charge is 0.349 e. The number of anilines is 1. The van der Waals surface area contributed by atoms with Crippen LogP contribution in [0.25, 0.3) is 0 Å². The molecule has 158 valence electrons. The average molecular weight is 449 g/mol. The van der Waals surface area contributed by atoms with E-state index in [1.807, 2.05) is 69.3 Å². The van der Waals surface area contributed by atoms with Gasteiger partial charge < -0.3 is 5.32 Å². The highest BCUT2D eigenvalue weighted by atomic mass is 32.2. The number of nitriles is 1. The van der Waals surface area contributed by atoms with Gasteiger partial charge in [-0.1, -0.05) is 48.5 Å². The number of hydrogen-bond donors (Lipinski definition) is 1. The molecule has 3 aromatic carbocycles. The molecule has 0 amide bonds. The number of rotatable bonds is 7. The molecule has 0 aromatic heterocycles. The summed E-state index contributed by atoms with van der Waals surface area (Å²) in [4.78, 5) is -0.181. The maximum atomic E-state index is 13.3. The highest BCUT2D eigenvalue weighted by Crippen LogP contribution is 2.32. The topological polar surface area (TPSA) is 70.0 Å². The second-order valence-corrected chi connectivity index (χ2v) is 10.2. The van der Waals surface area contributed by atoms with E-state index < -0.39 is 9.84 Å². The number of allylic oxidation sites excluding steroid dienone is 1. The van der Waals surface area contributed by atoms with Gasteiger partial charge in [0.05, 0.1) is 4.90 Å². The number of nitrogens with one attached hydrogen (secondary N) is 1. The number of thioether (sulfide) groups is 1. The fourth-order valence-corrected chi connectivity index (χ4v) is 5.87. The number of hydrogen-bond acceptors (Lipinski definition) is 5. The molecule has 0 fully saturated rings. The third-order valence-electron chi connectivity index (χ3n) is 4.74. The van der Waals surface area contributed by atoms with Crippen LogP contribution in [0.3, 0.4) is 0 Å². The first-order valence-corrected chi connectivity index (χ1v) is 12.3. The lowest BCUT2D eigenvalue weighted by atomic mass is 10.1. The molecule has 1 N–H and O–H groups in total. The summed E-state index contributed by atoms with van der Waals surface area (Å²) in [5.74, 6) is 0.537. The Labute approximate surface area is 188 Å². The molecule has 0 spiro atoms. The molecule has 3 aromatic rings. The summed E-state index contributed by atoms with van der Waals surface area (Å²) in [6.07, 6.45) is 0. The fourth-order valence-electron chi connectivity index (χ4n) is 3.21. The molecular weight excluding hydrogens is 424 g/mol. The molecule has 0 unspecified atom stereocenters. The highest BCUT2D eigenvalue weighted by Gasteiger charge is 2.25. The van der Waals surface area contributed by atoms with Crippen LogP contribution in [0.4, 0.5) is 5.69 Å². The van der Waals surface area contributed by atoms with Gasteiger partial charge in [-0.2, -0.15) is 5.26 Å². The molecule has 0 atom stereocenters. The van der Waals surface area contributed by atoms with Gasteiger partial charge >= 0.3 is 0 Å². The van der Waals surface area contributed by atoms with Gasteiger partial charge in [0.25, 0.3) is 0 Å². The lowest BCUT2D eigenvalue weighted by Crippen LogP contribution is -2.10. The summed E-state index contributed by atoms with van der Waals surface area (Å²) in [6, 6.07) is 23.9. The van der Waals surface area contributed by atoms with Gasteiger partial charge in [0.1, 0.15) is 11.1 Å². The fraction of sp³-hybridized carbons (Fsp3) is 0.160. The van der Waals surface area contributed by atoms with Crippen molar-refractivity contribution in [2.45, 2.75) is 31.4 Å². The maximum absolute atomic E-state index is 13.3. The maximum Gasteiger partial charge on any atom is 0.219 e. The van der Waals surface area contributed by atoms with Gasteiger partial charge in [-0.3, -0.25) is 0 Å². The lowest BCUT2D eigenvalue weighted by Gasteiger charge is -2.15. The standard InChI is InChI=1S/C25H24N2O2S2/c1-18-13-19(2)15-22(14-18)27-25(30-17-21-10-8-7-9-20(21)3)24(16-26)31(28,29)23-11-5-4-6-12-23/h4-15,27H,17H2,1-3H3. The Balaban J connectivity index is 2.08. The lowest BCUT2D eigenvalue weighted by molar-refractivity contribution is 0.603. The van der Waals surface area contributed by atoms with E-state index in [9.17, 15) is 13.7 Å². The molecule has 0 saturated heterocycles. The van der Waals surface area contributed by atoms with Crippen LogP contribution in [0.15, 0.2) is 87.6 Å². The predicted molar refractivity (Wildman–Crippen MR) is 128 cm³/mol. The Morgan fingerprint density at radius 1 is 0.935 bits per heavy atom. The molecule has 0 radical (unpaired) electrons. The van der Waals surface area contributed by atoms with Gasteiger partial charge in [-0.15, -0.1) is 11.8 Å². The normalized spacial score (nSPS) is 12.1. The van der Waals surface area contributed by atoms with Crippen molar-refractivity contribution < 1.29 is 8.42 Å². The first kappa shape index (κ1) is 22.7. The van der Waals surface area contributed by atoms with E-state index in [2.05, 4.69) is 5.32 Å². The van der Waals surface area contributed by atoms with Crippen LogP contribution < -0.4 is 5.32 Å². The second-order valence-electron chi connectivity index (χ2n) is 7.30. The number of sulfone groups is 1. The van der Waals surface area contributed by atoms with E-state index in [0.717, 1.165) is 27.9 Å². The quantitative estimate of drug-likeness (QED) is 0.441. The Bertz CT molecular complexity index is 1240. The first-order valence-electron chi connectivity index (χ1n) is 9.78. The van der Waals surface area contributed by atoms with Gasteiger partial charge in [0.2, 0.25) is 9.84 Å². The molecule has 0 aliphatic heterocycles. The number of nitrogens with zero attached hydrogens (tertiary/aromatic N) is 1. The predicted octanol–water partition coefficient (Wildman–Crippen LogP) is 6.12. The van der Waals surface area contributed by atoms with E-state index in [0.29, 0.717) is 10.8 Å². The zero-order valence-electron chi connectivity index (χ0n) is 17.7. The van der Waals surface area contributed by atoms with E-state index in [4.69, 9.17) is 0 Å². The van der Waals surface area contributed by atoms with Crippen molar-refractivity contribution in [1.29, 1.82) is 5.26 Å². The van der Waals surface area contributed by atoms with Crippen LogP contribution >= 0.6 is 11.8 Å². The third-order valence-corrected chi connectivity index (χ3v) is 7.65. The van der Waals surface area contributed by atoms with Crippen LogP contribution in [-0.4, -0.2) is 8.42 Å². The molecular formula is C25H24N2O2S2. The molecule has 6 heteroatoms. The van der Waals surface area contributed by atoms with E-state index >= 15 is 0 Å². The van der Waals surface area contributed by atoms with Crippen LogP contribution in [0.5, 0.6) is 0 Å². The van der Waals surface area contributed by atoms with Crippen LogP contribution in [0.1, 0.15) is 22.3 Å². The number of benzene rings is 3. The second kappa shape index (κ2) is 9.86. The van der Waals surface area contributed by atoms with Crippen molar-refractivity contribution in [3.8, 4) is 6.07 Å². The Morgan fingerprint density at radius 2 is 1.55 bits per heavy atom. The Kier molecular flexibility index (Phi) is 7.21. The molecule has 0 aliphatic rings. The summed E-state index contributed by atoms with van der Waals surface area (Å²) in [6.45, 7) is 5.98. The number of aryl methyl sites for hydroxylation is 3. The minimum Gasteiger partial charge on any atom is -0.349 e. The smallest absolute Gasteiger partial charge is 0.219 e. The van der Waals surface area contributed by atoms with Crippen molar-refractivity contribution in [3.63, 3.8) is 0 Å². The molecule has 31 heavy (non-hydrogen) atoms. The van der Waals surface area contributed by atoms with E-state index in [1.165, 1.54) is 23.9 Å². The molecule has 3 rings (SSSR count). The zero-order valence-corrected chi connectivity index (χ0v) is 19.3. The van der Waals surface area contributed by atoms with Gasteiger partial charge in [-0.25, -0.2) is 8.42 Å². The van der Waals surface area contributed by atoms with Gasteiger partial charge in [0, 0.05) is 11.4 Å². The van der Waals surface area contributed by atoms with Crippen LogP contribution in [0, 0.1) is 32.1 Å². The monoisotopic (exact) mass is 448 g/mol. The molecule has 0 saturated carbocycles.